The Kier molecular flexibility index (Phi) is 4.08. The normalized spacial score (nSPS) is 14.9. The molecule has 3 heteroatoms. The van der Waals surface area contributed by atoms with Crippen molar-refractivity contribution in [1.29, 1.82) is 0 Å². The van der Waals surface area contributed by atoms with Crippen LogP contribution >= 0.6 is 0 Å². The van der Waals surface area contributed by atoms with Crippen molar-refractivity contribution in [3.05, 3.63) is 71.6 Å². The maximum atomic E-state index is 4.55. The lowest BCUT2D eigenvalue weighted by atomic mass is 9.99. The molecule has 3 nitrogen and oxygen atoms in total. The van der Waals surface area contributed by atoms with Gasteiger partial charge >= 0.3 is 0 Å². The number of hydrogen-bond donors (Lipinski definition) is 1. The van der Waals surface area contributed by atoms with Crippen LogP contribution in [0.5, 0.6) is 0 Å². The number of aryl methyl sites for hydroxylation is 2. The fraction of sp³-hybridized carbons (Fsp3) is 0.286. The molecule has 1 N–H and O–H groups in total. The first-order valence-corrected chi connectivity index (χ1v) is 8.71. The third-order valence-corrected chi connectivity index (χ3v) is 5.05. The number of anilines is 1. The maximum absolute atomic E-state index is 4.55. The molecule has 0 saturated carbocycles. The smallest absolute Gasteiger partial charge is 0.137 e. The van der Waals surface area contributed by atoms with Gasteiger partial charge in [-0.3, -0.25) is 0 Å². The Hall–Kier alpha value is -2.55. The molecule has 3 heterocycles. The summed E-state index contributed by atoms with van der Waals surface area (Å²) in [5, 5.41) is 1.23. The largest absolute Gasteiger partial charge is 0.366 e. The first kappa shape index (κ1) is 15.0. The van der Waals surface area contributed by atoms with Crippen molar-refractivity contribution < 1.29 is 0 Å². The Morgan fingerprint density at radius 3 is 2.79 bits per heavy atom. The number of rotatable bonds is 4. The predicted molar refractivity (Wildman–Crippen MR) is 101 cm³/mol. The van der Waals surface area contributed by atoms with Gasteiger partial charge in [0.15, 0.2) is 0 Å². The van der Waals surface area contributed by atoms with Crippen LogP contribution in [-0.4, -0.2) is 23.1 Å². The average molecular weight is 317 g/mol. The summed E-state index contributed by atoms with van der Waals surface area (Å²) in [5.41, 5.74) is 6.58. The van der Waals surface area contributed by atoms with Gasteiger partial charge in [-0.05, 0) is 43.4 Å². The van der Waals surface area contributed by atoms with Gasteiger partial charge in [0.05, 0.1) is 11.9 Å². The summed E-state index contributed by atoms with van der Waals surface area (Å²) in [7, 11) is 0. The third kappa shape index (κ3) is 2.94. The average Bonchev–Trinajstić information content (AvgIpc) is 3.12. The number of nitrogens with one attached hydrogen (secondary N) is 1. The third-order valence-electron chi connectivity index (χ3n) is 5.05. The summed E-state index contributed by atoms with van der Waals surface area (Å²) in [6.07, 6.45) is 9.85. The number of benzene rings is 1. The van der Waals surface area contributed by atoms with Crippen molar-refractivity contribution in [1.82, 2.24) is 9.97 Å². The van der Waals surface area contributed by atoms with Crippen molar-refractivity contribution >= 4 is 16.7 Å². The monoisotopic (exact) mass is 317 g/mol. The van der Waals surface area contributed by atoms with Crippen LogP contribution in [0.3, 0.4) is 0 Å². The lowest BCUT2D eigenvalue weighted by molar-refractivity contribution is 0.743. The Bertz CT molecular complexity index is 861. The highest BCUT2D eigenvalue weighted by atomic mass is 15.1. The lowest BCUT2D eigenvalue weighted by Crippen LogP contribution is -2.29. The molecule has 3 aromatic rings. The highest BCUT2D eigenvalue weighted by Gasteiger charge is 2.16. The molecule has 0 fully saturated rings. The predicted octanol–water partition coefficient (Wildman–Crippen LogP) is 4.64. The number of hydrogen-bond acceptors (Lipinski definition) is 2. The second kappa shape index (κ2) is 6.52. The van der Waals surface area contributed by atoms with Crippen molar-refractivity contribution in [3.63, 3.8) is 0 Å². The number of H-pyrrole nitrogens is 1. The van der Waals surface area contributed by atoms with Gasteiger partial charge in [-0.1, -0.05) is 42.0 Å². The minimum atomic E-state index is 0.979. The van der Waals surface area contributed by atoms with Crippen molar-refractivity contribution in [2.45, 2.75) is 26.2 Å². The van der Waals surface area contributed by atoms with E-state index in [9.17, 15) is 0 Å². The quantitative estimate of drug-likeness (QED) is 0.711. The summed E-state index contributed by atoms with van der Waals surface area (Å²) in [5.74, 6) is 0. The molecule has 0 aliphatic carbocycles. The molecule has 1 aliphatic heterocycles. The van der Waals surface area contributed by atoms with E-state index in [4.69, 9.17) is 0 Å². The van der Waals surface area contributed by atoms with Gasteiger partial charge in [-0.25, -0.2) is 4.98 Å². The number of aromatic nitrogens is 2. The molecule has 0 amide bonds. The minimum absolute atomic E-state index is 0.979. The Labute approximate surface area is 143 Å². The summed E-state index contributed by atoms with van der Waals surface area (Å²) >= 11 is 0. The Morgan fingerprint density at radius 1 is 1.12 bits per heavy atom. The molecule has 0 radical (unpaired) electrons. The molecule has 0 saturated heterocycles. The Morgan fingerprint density at radius 2 is 2.00 bits per heavy atom. The van der Waals surface area contributed by atoms with Crippen LogP contribution in [0.4, 0.5) is 5.69 Å². The fourth-order valence-corrected chi connectivity index (χ4v) is 3.56. The number of pyridine rings is 1. The fourth-order valence-electron chi connectivity index (χ4n) is 3.56. The molecule has 0 atom stereocenters. The van der Waals surface area contributed by atoms with E-state index in [0.717, 1.165) is 31.6 Å². The van der Waals surface area contributed by atoms with E-state index in [2.05, 4.69) is 64.3 Å². The van der Waals surface area contributed by atoms with Crippen molar-refractivity contribution in [2.24, 2.45) is 0 Å². The molecule has 1 aromatic carbocycles. The van der Waals surface area contributed by atoms with Gasteiger partial charge in [0.25, 0.3) is 0 Å². The van der Waals surface area contributed by atoms with Gasteiger partial charge in [0.1, 0.15) is 5.65 Å². The van der Waals surface area contributed by atoms with Crippen LogP contribution in [0, 0.1) is 6.92 Å². The number of aromatic amines is 1. The molecule has 4 rings (SSSR count). The lowest BCUT2D eigenvalue weighted by Gasteiger charge is -2.29. The van der Waals surface area contributed by atoms with E-state index in [0.29, 0.717) is 0 Å². The zero-order valence-electron chi connectivity index (χ0n) is 14.1. The van der Waals surface area contributed by atoms with Crippen molar-refractivity contribution in [2.75, 3.05) is 18.0 Å². The second-order valence-corrected chi connectivity index (χ2v) is 6.55. The molecule has 0 bridgehead atoms. The van der Waals surface area contributed by atoms with Crippen LogP contribution in [-0.2, 0) is 6.42 Å². The molecule has 122 valence electrons. The zero-order valence-corrected chi connectivity index (χ0v) is 14.1. The topological polar surface area (TPSA) is 31.9 Å². The molecular formula is C21H23N3. The van der Waals surface area contributed by atoms with Crippen LogP contribution < -0.4 is 4.90 Å². The molecule has 1 aliphatic rings. The van der Waals surface area contributed by atoms with E-state index >= 15 is 0 Å². The van der Waals surface area contributed by atoms with Crippen LogP contribution in [0.1, 0.15) is 24.0 Å². The van der Waals surface area contributed by atoms with Gasteiger partial charge in [0, 0.05) is 24.7 Å². The highest BCUT2D eigenvalue weighted by Crippen LogP contribution is 2.28. The number of nitrogens with zero attached hydrogens (tertiary/aromatic N) is 2. The zero-order chi connectivity index (χ0) is 16.4. The van der Waals surface area contributed by atoms with Crippen LogP contribution in [0.25, 0.3) is 11.0 Å². The van der Waals surface area contributed by atoms with Crippen LogP contribution in [0.2, 0.25) is 0 Å². The van der Waals surface area contributed by atoms with E-state index in [1.54, 1.807) is 5.57 Å². The van der Waals surface area contributed by atoms with Crippen molar-refractivity contribution in [3.8, 4) is 0 Å². The highest BCUT2D eigenvalue weighted by molar-refractivity contribution is 5.84. The van der Waals surface area contributed by atoms with E-state index in [1.807, 2.05) is 12.4 Å². The molecule has 0 spiro atoms. The Balaban J connectivity index is 1.44. The SMILES string of the molecule is Cc1c(N2CC=C(CCc3ccccc3)CC2)cnc2[nH]ccc12. The summed E-state index contributed by atoms with van der Waals surface area (Å²) in [4.78, 5) is 10.2. The molecule has 24 heavy (non-hydrogen) atoms. The summed E-state index contributed by atoms with van der Waals surface area (Å²) in [6.45, 7) is 4.27. The minimum Gasteiger partial charge on any atom is -0.366 e. The molecule has 0 unspecified atom stereocenters. The van der Waals surface area contributed by atoms with Crippen LogP contribution in [0.15, 0.2) is 60.4 Å². The second-order valence-electron chi connectivity index (χ2n) is 6.55. The van der Waals surface area contributed by atoms with E-state index < -0.39 is 0 Å². The van der Waals surface area contributed by atoms with Gasteiger partial charge in [0.2, 0.25) is 0 Å². The van der Waals surface area contributed by atoms with Gasteiger partial charge < -0.3 is 9.88 Å². The molecular weight excluding hydrogens is 294 g/mol. The first-order chi connectivity index (χ1) is 11.8. The number of fused-ring (bicyclic) bond motifs is 1. The van der Waals surface area contributed by atoms with E-state index in [-0.39, 0.29) is 0 Å². The molecule has 2 aromatic heterocycles. The van der Waals surface area contributed by atoms with Gasteiger partial charge in [-0.15, -0.1) is 0 Å². The summed E-state index contributed by atoms with van der Waals surface area (Å²) in [6, 6.07) is 12.9. The van der Waals surface area contributed by atoms with Gasteiger partial charge in [-0.2, -0.15) is 0 Å². The standard InChI is InChI=1S/C21H23N3/c1-16-19-9-12-22-21(19)23-15-20(16)24-13-10-18(11-14-24)8-7-17-5-3-2-4-6-17/h2-6,9-10,12,15H,7-8,11,13-14H2,1H3,(H,22,23). The summed E-state index contributed by atoms with van der Waals surface area (Å²) < 4.78 is 0. The maximum Gasteiger partial charge on any atom is 0.137 e. The first-order valence-electron chi connectivity index (χ1n) is 8.71. The van der Waals surface area contributed by atoms with E-state index in [1.165, 1.54) is 28.6 Å².